The van der Waals surface area contributed by atoms with Gasteiger partial charge in [0.1, 0.15) is 0 Å². The SMILES string of the molecule is CCN(C)CC#CCOC(=O)C(O)(c1ccccc1)C1CCCCC1.Cl. The fraction of sp³-hybridized carbons (Fsp3) is 0.571. The molecule has 0 radical (unpaired) electrons. The Hall–Kier alpha value is -1.54. The van der Waals surface area contributed by atoms with Crippen LogP contribution in [0.1, 0.15) is 44.6 Å². The molecule has 1 unspecified atom stereocenters. The number of hydrogen-bond donors (Lipinski definition) is 1. The molecule has 0 bridgehead atoms. The quantitative estimate of drug-likeness (QED) is 0.608. The minimum Gasteiger partial charge on any atom is -0.450 e. The van der Waals surface area contributed by atoms with Crippen molar-refractivity contribution in [1.29, 1.82) is 0 Å². The van der Waals surface area contributed by atoms with Gasteiger partial charge in [0.15, 0.2) is 12.2 Å². The summed E-state index contributed by atoms with van der Waals surface area (Å²) in [6, 6.07) is 9.18. The Labute approximate surface area is 163 Å². The number of benzene rings is 1. The number of carbonyl (C=O) groups excluding carboxylic acids is 1. The van der Waals surface area contributed by atoms with Crippen LogP contribution in [-0.4, -0.2) is 42.7 Å². The molecule has 1 N–H and O–H groups in total. The van der Waals surface area contributed by atoms with Crippen LogP contribution in [0.3, 0.4) is 0 Å². The number of carbonyl (C=O) groups is 1. The third-order valence-corrected chi connectivity index (χ3v) is 5.01. The van der Waals surface area contributed by atoms with Crippen LogP contribution in [0, 0.1) is 17.8 Å². The van der Waals surface area contributed by atoms with E-state index in [1.165, 1.54) is 0 Å². The van der Waals surface area contributed by atoms with Crippen molar-refractivity contribution in [3.63, 3.8) is 0 Å². The molecule has 1 aliphatic carbocycles. The van der Waals surface area contributed by atoms with Gasteiger partial charge in [-0.25, -0.2) is 4.79 Å². The van der Waals surface area contributed by atoms with Gasteiger partial charge in [0, 0.05) is 5.92 Å². The Morgan fingerprint density at radius 3 is 2.50 bits per heavy atom. The molecule has 4 nitrogen and oxygen atoms in total. The zero-order chi connectivity index (χ0) is 18.1. The molecule has 0 spiro atoms. The minimum absolute atomic E-state index is 0. The lowest BCUT2D eigenvalue weighted by Gasteiger charge is -2.36. The number of ether oxygens (including phenoxy) is 1. The number of aliphatic hydroxyl groups is 1. The van der Waals surface area contributed by atoms with Crippen LogP contribution in [-0.2, 0) is 15.1 Å². The molecule has 0 aromatic heterocycles. The van der Waals surface area contributed by atoms with E-state index in [0.717, 1.165) is 38.6 Å². The topological polar surface area (TPSA) is 49.8 Å². The van der Waals surface area contributed by atoms with Crippen LogP contribution in [0.2, 0.25) is 0 Å². The molecule has 1 fully saturated rings. The molecule has 0 saturated heterocycles. The van der Waals surface area contributed by atoms with Crippen molar-refractivity contribution in [3.05, 3.63) is 35.9 Å². The lowest BCUT2D eigenvalue weighted by Crippen LogP contribution is -2.45. The predicted octanol–water partition coefficient (Wildman–Crippen LogP) is 3.37. The van der Waals surface area contributed by atoms with Crippen molar-refractivity contribution >= 4 is 18.4 Å². The molecule has 1 aromatic rings. The fourth-order valence-corrected chi connectivity index (χ4v) is 3.30. The number of esters is 1. The molecular formula is C21H30ClNO3. The van der Waals surface area contributed by atoms with E-state index in [2.05, 4.69) is 23.7 Å². The van der Waals surface area contributed by atoms with Crippen molar-refractivity contribution in [2.24, 2.45) is 5.92 Å². The summed E-state index contributed by atoms with van der Waals surface area (Å²) in [5.41, 5.74) is -0.964. The van der Waals surface area contributed by atoms with E-state index < -0.39 is 11.6 Å². The van der Waals surface area contributed by atoms with E-state index in [-0.39, 0.29) is 24.9 Å². The highest BCUT2D eigenvalue weighted by atomic mass is 35.5. The number of nitrogens with zero attached hydrogens (tertiary/aromatic N) is 1. The van der Waals surface area contributed by atoms with Crippen molar-refractivity contribution in [1.82, 2.24) is 4.90 Å². The Morgan fingerprint density at radius 2 is 1.88 bits per heavy atom. The largest absolute Gasteiger partial charge is 0.450 e. The van der Waals surface area contributed by atoms with Gasteiger partial charge in [-0.2, -0.15) is 0 Å². The summed E-state index contributed by atoms with van der Waals surface area (Å²) >= 11 is 0. The van der Waals surface area contributed by atoms with Gasteiger partial charge in [0.2, 0.25) is 0 Å². The van der Waals surface area contributed by atoms with Crippen molar-refractivity contribution in [2.75, 3.05) is 26.7 Å². The van der Waals surface area contributed by atoms with E-state index in [4.69, 9.17) is 4.74 Å². The lowest BCUT2D eigenvalue weighted by molar-refractivity contribution is -0.174. The maximum atomic E-state index is 12.8. The highest BCUT2D eigenvalue weighted by molar-refractivity contribution is 5.85. The summed E-state index contributed by atoms with van der Waals surface area (Å²) in [6.07, 6.45) is 4.92. The summed E-state index contributed by atoms with van der Waals surface area (Å²) in [5.74, 6) is 5.16. The van der Waals surface area contributed by atoms with Crippen LogP contribution in [0.4, 0.5) is 0 Å². The van der Waals surface area contributed by atoms with Crippen LogP contribution in [0.25, 0.3) is 0 Å². The zero-order valence-electron chi connectivity index (χ0n) is 15.7. The molecule has 0 amide bonds. The second-order valence-electron chi connectivity index (χ2n) is 6.73. The number of halogens is 1. The van der Waals surface area contributed by atoms with Crippen molar-refractivity contribution < 1.29 is 14.6 Å². The Bertz CT molecular complexity index is 605. The summed E-state index contributed by atoms with van der Waals surface area (Å²) in [4.78, 5) is 14.8. The summed E-state index contributed by atoms with van der Waals surface area (Å²) in [5, 5.41) is 11.3. The maximum absolute atomic E-state index is 12.8. The first-order valence-electron chi connectivity index (χ1n) is 9.18. The predicted molar refractivity (Wildman–Crippen MR) is 106 cm³/mol. The third-order valence-electron chi connectivity index (χ3n) is 5.01. The van der Waals surface area contributed by atoms with Gasteiger partial charge in [-0.3, -0.25) is 4.90 Å². The molecule has 0 heterocycles. The molecular weight excluding hydrogens is 350 g/mol. The summed E-state index contributed by atoms with van der Waals surface area (Å²) < 4.78 is 5.35. The smallest absolute Gasteiger partial charge is 0.344 e. The zero-order valence-corrected chi connectivity index (χ0v) is 16.6. The fourth-order valence-electron chi connectivity index (χ4n) is 3.30. The van der Waals surface area contributed by atoms with E-state index in [0.29, 0.717) is 12.1 Å². The van der Waals surface area contributed by atoms with Gasteiger partial charge in [-0.1, -0.05) is 68.4 Å². The molecule has 1 saturated carbocycles. The average molecular weight is 380 g/mol. The van der Waals surface area contributed by atoms with E-state index in [1.807, 2.05) is 25.2 Å². The molecule has 5 heteroatoms. The van der Waals surface area contributed by atoms with E-state index in [9.17, 15) is 9.90 Å². The molecule has 2 rings (SSSR count). The second-order valence-corrected chi connectivity index (χ2v) is 6.73. The summed E-state index contributed by atoms with van der Waals surface area (Å²) in [6.45, 7) is 3.63. The monoisotopic (exact) mass is 379 g/mol. The minimum atomic E-state index is -1.58. The van der Waals surface area contributed by atoms with Gasteiger partial charge in [-0.05, 0) is 32.0 Å². The van der Waals surface area contributed by atoms with Crippen LogP contribution in [0.15, 0.2) is 30.3 Å². The normalized spacial score (nSPS) is 16.8. The molecule has 26 heavy (non-hydrogen) atoms. The van der Waals surface area contributed by atoms with Gasteiger partial charge in [-0.15, -0.1) is 12.4 Å². The molecule has 0 aliphatic heterocycles. The highest BCUT2D eigenvalue weighted by Crippen LogP contribution is 2.40. The maximum Gasteiger partial charge on any atom is 0.344 e. The molecule has 1 atom stereocenters. The van der Waals surface area contributed by atoms with Crippen LogP contribution >= 0.6 is 12.4 Å². The molecule has 1 aliphatic rings. The average Bonchev–Trinajstić information content (AvgIpc) is 2.68. The molecule has 1 aromatic carbocycles. The first-order chi connectivity index (χ1) is 12.1. The Kier molecular flexibility index (Phi) is 9.72. The lowest BCUT2D eigenvalue weighted by atomic mass is 9.73. The van der Waals surface area contributed by atoms with E-state index >= 15 is 0 Å². The van der Waals surface area contributed by atoms with Crippen LogP contribution in [0.5, 0.6) is 0 Å². The van der Waals surface area contributed by atoms with Crippen molar-refractivity contribution in [2.45, 2.75) is 44.6 Å². The van der Waals surface area contributed by atoms with Gasteiger partial charge < -0.3 is 9.84 Å². The first-order valence-corrected chi connectivity index (χ1v) is 9.18. The van der Waals surface area contributed by atoms with Gasteiger partial charge in [0.05, 0.1) is 6.54 Å². The highest BCUT2D eigenvalue weighted by Gasteiger charge is 2.46. The Balaban J connectivity index is 0.00000338. The van der Waals surface area contributed by atoms with Gasteiger partial charge in [0.25, 0.3) is 0 Å². The van der Waals surface area contributed by atoms with E-state index in [1.54, 1.807) is 12.1 Å². The Morgan fingerprint density at radius 1 is 1.23 bits per heavy atom. The first kappa shape index (κ1) is 22.5. The van der Waals surface area contributed by atoms with Crippen molar-refractivity contribution in [3.8, 4) is 11.8 Å². The van der Waals surface area contributed by atoms with Crippen LogP contribution < -0.4 is 0 Å². The van der Waals surface area contributed by atoms with Gasteiger partial charge >= 0.3 is 5.97 Å². The standard InChI is InChI=1S/C21H29NO3.ClH/c1-3-22(2)16-10-11-17-25-20(23)21(24,18-12-6-4-7-13-18)19-14-8-5-9-15-19;/h4,6-7,12-13,19,24H,3,5,8-9,14-17H2,1-2H3;1H. The molecule has 144 valence electrons. The third kappa shape index (κ3) is 5.74. The number of rotatable bonds is 6. The summed E-state index contributed by atoms with van der Waals surface area (Å²) in [7, 11) is 1.98. The second kappa shape index (κ2) is 11.2. The number of hydrogen-bond acceptors (Lipinski definition) is 4.